The van der Waals surface area contributed by atoms with Crippen molar-refractivity contribution in [2.24, 2.45) is 10.8 Å². The molecule has 4 heterocycles. The molecule has 4 saturated heterocycles. The third kappa shape index (κ3) is 0.661. The zero-order valence-corrected chi connectivity index (χ0v) is 9.55. The van der Waals surface area contributed by atoms with Gasteiger partial charge in [0, 0.05) is 22.3 Å². The van der Waals surface area contributed by atoms with Gasteiger partial charge < -0.3 is 9.47 Å². The summed E-state index contributed by atoms with van der Waals surface area (Å²) in [6, 6.07) is 0. The van der Waals surface area contributed by atoms with Crippen molar-refractivity contribution in [2.75, 3.05) is 11.5 Å². The van der Waals surface area contributed by atoms with Crippen LogP contribution in [0.5, 0.6) is 0 Å². The molecule has 4 aliphatic heterocycles. The highest BCUT2D eigenvalue weighted by Crippen LogP contribution is 2.70. The Kier molecular flexibility index (Phi) is 1.42. The standard InChI is InChI=1S/C11H12O4S/c1-6-10-4-16(13)5-11(10,9(12)14-6)8-3-2-7(10)15-8/h7-8H,1-5H2. The van der Waals surface area contributed by atoms with Gasteiger partial charge in [-0.3, -0.25) is 9.00 Å². The van der Waals surface area contributed by atoms with E-state index in [1.165, 1.54) is 0 Å². The van der Waals surface area contributed by atoms with Crippen LogP contribution in [0, 0.1) is 10.8 Å². The van der Waals surface area contributed by atoms with Crippen molar-refractivity contribution < 1.29 is 18.5 Å². The molecule has 0 amide bonds. The lowest BCUT2D eigenvalue weighted by atomic mass is 9.58. The van der Waals surface area contributed by atoms with Crippen molar-refractivity contribution in [3.63, 3.8) is 0 Å². The van der Waals surface area contributed by atoms with Crippen LogP contribution in [0.4, 0.5) is 0 Å². The molecule has 5 heteroatoms. The quantitative estimate of drug-likeness (QED) is 0.573. The predicted octanol–water partition coefficient (Wildman–Crippen LogP) is 0.353. The fourth-order valence-electron chi connectivity index (χ4n) is 4.11. The van der Waals surface area contributed by atoms with Crippen LogP contribution in [-0.4, -0.2) is 33.9 Å². The number of carbonyl (C=O) groups is 1. The molecule has 5 atom stereocenters. The topological polar surface area (TPSA) is 52.6 Å². The Bertz CT molecular complexity index is 421. The molecule has 4 aliphatic rings. The number of ether oxygens (including phenoxy) is 2. The Morgan fingerprint density at radius 2 is 1.88 bits per heavy atom. The molecule has 0 N–H and O–H groups in total. The van der Waals surface area contributed by atoms with Gasteiger partial charge in [0.15, 0.2) is 0 Å². The van der Waals surface area contributed by atoms with Crippen LogP contribution in [0.25, 0.3) is 0 Å². The Hall–Kier alpha value is -0.680. The van der Waals surface area contributed by atoms with Gasteiger partial charge >= 0.3 is 5.97 Å². The Morgan fingerprint density at radius 1 is 1.25 bits per heavy atom. The van der Waals surface area contributed by atoms with Crippen LogP contribution >= 0.6 is 0 Å². The van der Waals surface area contributed by atoms with Gasteiger partial charge in [-0.05, 0) is 12.8 Å². The summed E-state index contributed by atoms with van der Waals surface area (Å²) in [7, 11) is -0.943. The van der Waals surface area contributed by atoms with E-state index in [0.717, 1.165) is 12.8 Å². The van der Waals surface area contributed by atoms with Gasteiger partial charge in [-0.1, -0.05) is 6.58 Å². The molecule has 0 saturated carbocycles. The molecule has 4 fully saturated rings. The van der Waals surface area contributed by atoms with Gasteiger partial charge in [0.25, 0.3) is 0 Å². The van der Waals surface area contributed by atoms with Crippen molar-refractivity contribution in [1.29, 1.82) is 0 Å². The van der Waals surface area contributed by atoms with E-state index in [1.807, 2.05) is 0 Å². The first-order chi connectivity index (χ1) is 7.61. The molecule has 0 radical (unpaired) electrons. The van der Waals surface area contributed by atoms with Crippen LogP contribution in [0.2, 0.25) is 0 Å². The molecule has 16 heavy (non-hydrogen) atoms. The molecule has 0 spiro atoms. The van der Waals surface area contributed by atoms with Gasteiger partial charge in [-0.2, -0.15) is 0 Å². The maximum Gasteiger partial charge on any atom is 0.321 e. The van der Waals surface area contributed by atoms with Crippen molar-refractivity contribution in [3.05, 3.63) is 12.3 Å². The van der Waals surface area contributed by atoms with Crippen molar-refractivity contribution in [3.8, 4) is 0 Å². The summed E-state index contributed by atoms with van der Waals surface area (Å²) in [5, 5.41) is 0. The number of cyclic esters (lactones) is 1. The molecule has 0 aromatic carbocycles. The first-order valence-electron chi connectivity index (χ1n) is 5.53. The zero-order valence-electron chi connectivity index (χ0n) is 8.73. The minimum Gasteiger partial charge on any atom is -0.430 e. The summed E-state index contributed by atoms with van der Waals surface area (Å²) in [5.74, 6) is 1.12. The number of esters is 1. The normalized spacial score (nSPS) is 57.6. The SMILES string of the molecule is C=C1OC(=O)C23CS(=O)CC12C1CCC3O1. The summed E-state index contributed by atoms with van der Waals surface area (Å²) >= 11 is 0. The Balaban J connectivity index is 2.02. The van der Waals surface area contributed by atoms with Gasteiger partial charge in [-0.25, -0.2) is 0 Å². The van der Waals surface area contributed by atoms with E-state index in [9.17, 15) is 9.00 Å². The second kappa shape index (κ2) is 2.43. The smallest absolute Gasteiger partial charge is 0.321 e. The molecular formula is C11H12O4S. The molecule has 86 valence electrons. The van der Waals surface area contributed by atoms with Gasteiger partial charge in [0.05, 0.1) is 17.6 Å². The zero-order chi connectivity index (χ0) is 11.1. The first-order valence-corrected chi connectivity index (χ1v) is 7.02. The lowest BCUT2D eigenvalue weighted by molar-refractivity contribution is -0.147. The molecule has 2 bridgehead atoms. The summed E-state index contributed by atoms with van der Waals surface area (Å²) in [4.78, 5) is 12.1. The molecule has 0 aromatic rings. The molecule has 0 aromatic heterocycles. The van der Waals surface area contributed by atoms with Gasteiger partial charge in [0.1, 0.15) is 11.2 Å². The van der Waals surface area contributed by atoms with Gasteiger partial charge in [0.2, 0.25) is 0 Å². The van der Waals surface area contributed by atoms with Crippen LogP contribution < -0.4 is 0 Å². The largest absolute Gasteiger partial charge is 0.430 e. The van der Waals surface area contributed by atoms with Crippen LogP contribution in [0.15, 0.2) is 12.3 Å². The van der Waals surface area contributed by atoms with Crippen molar-refractivity contribution in [1.82, 2.24) is 0 Å². The highest BCUT2D eigenvalue weighted by molar-refractivity contribution is 7.85. The Morgan fingerprint density at radius 3 is 2.56 bits per heavy atom. The minimum absolute atomic E-state index is 0.0112. The number of carbonyl (C=O) groups excluding carboxylic acids is 1. The van der Waals surface area contributed by atoms with E-state index in [-0.39, 0.29) is 18.2 Å². The van der Waals surface area contributed by atoms with E-state index in [2.05, 4.69) is 6.58 Å². The van der Waals surface area contributed by atoms with Crippen LogP contribution in [-0.2, 0) is 25.1 Å². The second-order valence-electron chi connectivity index (χ2n) is 5.17. The summed E-state index contributed by atoms with van der Waals surface area (Å²) in [5.41, 5.74) is -1.14. The summed E-state index contributed by atoms with van der Waals surface area (Å²) in [6.07, 6.45) is 1.70. The van der Waals surface area contributed by atoms with E-state index in [0.29, 0.717) is 17.3 Å². The van der Waals surface area contributed by atoms with E-state index in [1.54, 1.807) is 0 Å². The maximum absolute atomic E-state index is 12.1. The van der Waals surface area contributed by atoms with E-state index < -0.39 is 21.6 Å². The number of fused-ring (bicyclic) bond motifs is 2. The molecule has 4 nitrogen and oxygen atoms in total. The minimum atomic E-state index is -0.943. The average Bonchev–Trinajstić information content (AvgIpc) is 2.86. The molecular weight excluding hydrogens is 228 g/mol. The van der Waals surface area contributed by atoms with E-state index >= 15 is 0 Å². The summed E-state index contributed by atoms with van der Waals surface area (Å²) in [6.45, 7) is 3.87. The van der Waals surface area contributed by atoms with Crippen molar-refractivity contribution in [2.45, 2.75) is 25.0 Å². The second-order valence-corrected chi connectivity index (χ2v) is 6.63. The van der Waals surface area contributed by atoms with E-state index in [4.69, 9.17) is 9.47 Å². The lowest BCUT2D eigenvalue weighted by Gasteiger charge is -2.35. The van der Waals surface area contributed by atoms with Gasteiger partial charge in [-0.15, -0.1) is 0 Å². The number of hydrogen-bond acceptors (Lipinski definition) is 4. The number of rotatable bonds is 0. The van der Waals surface area contributed by atoms with Crippen LogP contribution in [0.3, 0.4) is 0 Å². The highest BCUT2D eigenvalue weighted by atomic mass is 32.2. The summed E-state index contributed by atoms with van der Waals surface area (Å²) < 4.78 is 23.0. The van der Waals surface area contributed by atoms with Crippen molar-refractivity contribution >= 4 is 16.8 Å². The third-order valence-electron chi connectivity index (χ3n) is 4.77. The lowest BCUT2D eigenvalue weighted by Crippen LogP contribution is -2.49. The predicted molar refractivity (Wildman–Crippen MR) is 55.9 cm³/mol. The molecule has 5 unspecified atom stereocenters. The number of hydrogen-bond donors (Lipinski definition) is 0. The fourth-order valence-corrected chi connectivity index (χ4v) is 6.40. The third-order valence-corrected chi connectivity index (χ3v) is 6.32. The Labute approximate surface area is 95.4 Å². The van der Waals surface area contributed by atoms with Crippen LogP contribution in [0.1, 0.15) is 12.8 Å². The average molecular weight is 240 g/mol. The first kappa shape index (κ1) is 9.36. The monoisotopic (exact) mass is 240 g/mol. The molecule has 0 aliphatic carbocycles. The molecule has 4 rings (SSSR count). The highest BCUT2D eigenvalue weighted by Gasteiger charge is 2.81. The maximum atomic E-state index is 12.1. The fraction of sp³-hybridized carbons (Fsp3) is 0.727.